The topological polar surface area (TPSA) is 66.0 Å². The van der Waals surface area contributed by atoms with Crippen LogP contribution in [-0.4, -0.2) is 43.7 Å². The highest BCUT2D eigenvalue weighted by atomic mass is 16.7. The van der Waals surface area contributed by atoms with Crippen molar-refractivity contribution in [2.24, 2.45) is 0 Å². The van der Waals surface area contributed by atoms with Crippen LogP contribution < -0.4 is 10.1 Å². The summed E-state index contributed by atoms with van der Waals surface area (Å²) in [5.74, 6) is 0.738. The monoisotopic (exact) mass is 403 g/mol. The molecule has 6 nitrogen and oxygen atoms in total. The summed E-state index contributed by atoms with van der Waals surface area (Å²) < 4.78 is 23.3. The van der Waals surface area contributed by atoms with E-state index in [9.17, 15) is 4.79 Å². The van der Waals surface area contributed by atoms with Crippen molar-refractivity contribution in [3.05, 3.63) is 34.8 Å². The molecule has 7 heteroatoms. The molecule has 0 bridgehead atoms. The molecule has 1 N–H and O–H groups in total. The molecule has 2 rings (SSSR count). The van der Waals surface area contributed by atoms with Gasteiger partial charge in [0.1, 0.15) is 11.4 Å². The van der Waals surface area contributed by atoms with Crippen LogP contribution in [0, 0.1) is 6.92 Å². The van der Waals surface area contributed by atoms with E-state index in [4.69, 9.17) is 18.8 Å². The molecule has 1 fully saturated rings. The maximum absolute atomic E-state index is 12.2. The van der Waals surface area contributed by atoms with Crippen molar-refractivity contribution < 1.29 is 23.6 Å². The number of carbonyl (C=O) groups is 1. The molecule has 0 unspecified atom stereocenters. The molecular weight excluding hydrogens is 369 g/mol. The average molecular weight is 403 g/mol. The van der Waals surface area contributed by atoms with Gasteiger partial charge in [0.2, 0.25) is 0 Å². The number of hydrogen-bond donors (Lipinski definition) is 1. The zero-order chi connectivity index (χ0) is 22.0. The van der Waals surface area contributed by atoms with Crippen molar-refractivity contribution in [1.82, 2.24) is 5.32 Å². The number of aryl methyl sites for hydroxylation is 1. The van der Waals surface area contributed by atoms with E-state index in [0.717, 1.165) is 22.3 Å². The molecule has 0 saturated carbocycles. The second kappa shape index (κ2) is 8.40. The van der Waals surface area contributed by atoms with Gasteiger partial charge in [-0.05, 0) is 73.0 Å². The van der Waals surface area contributed by atoms with Gasteiger partial charge < -0.3 is 24.1 Å². The molecule has 1 aliphatic heterocycles. The fraction of sp³-hybridized carbons (Fsp3) is 0.591. The number of carbonyl (C=O) groups excluding carboxylic acids is 1. The Kier molecular flexibility index (Phi) is 6.75. The van der Waals surface area contributed by atoms with E-state index in [1.165, 1.54) is 0 Å². The van der Waals surface area contributed by atoms with Crippen LogP contribution in [0.2, 0.25) is 0 Å². The minimum absolute atomic E-state index is 0.225. The number of rotatable bonds is 5. The average Bonchev–Trinajstić information content (AvgIpc) is 2.77. The molecule has 1 amide bonds. The van der Waals surface area contributed by atoms with E-state index in [1.54, 1.807) is 7.11 Å². The first-order valence-electron chi connectivity index (χ1n) is 9.92. The summed E-state index contributed by atoms with van der Waals surface area (Å²) in [5, 5.41) is 2.81. The number of methoxy groups -OCH3 is 1. The quantitative estimate of drug-likeness (QED) is 0.731. The summed E-state index contributed by atoms with van der Waals surface area (Å²) in [5.41, 5.74) is 1.23. The number of hydrogen-bond acceptors (Lipinski definition) is 5. The Morgan fingerprint density at radius 3 is 2.28 bits per heavy atom. The molecule has 0 atom stereocenters. The van der Waals surface area contributed by atoms with Crippen LogP contribution in [0.3, 0.4) is 0 Å². The third kappa shape index (κ3) is 6.00. The van der Waals surface area contributed by atoms with Crippen LogP contribution in [-0.2, 0) is 14.0 Å². The van der Waals surface area contributed by atoms with Crippen molar-refractivity contribution in [2.45, 2.75) is 72.2 Å². The van der Waals surface area contributed by atoms with Crippen LogP contribution in [0.1, 0.15) is 59.6 Å². The van der Waals surface area contributed by atoms with Crippen molar-refractivity contribution in [1.29, 1.82) is 0 Å². The summed E-state index contributed by atoms with van der Waals surface area (Å²) in [6, 6.07) is 5.94. The molecule has 160 valence electrons. The molecule has 0 spiro atoms. The van der Waals surface area contributed by atoms with Gasteiger partial charge >= 0.3 is 13.2 Å². The smallest absolute Gasteiger partial charge is 0.492 e. The molecule has 1 aromatic carbocycles. The summed E-state index contributed by atoms with van der Waals surface area (Å²) >= 11 is 0. The van der Waals surface area contributed by atoms with E-state index in [0.29, 0.717) is 0 Å². The molecule has 29 heavy (non-hydrogen) atoms. The second-order valence-corrected chi connectivity index (χ2v) is 9.41. The highest BCUT2D eigenvalue weighted by molar-refractivity contribution is 6.56. The minimum atomic E-state index is -0.597. The van der Waals surface area contributed by atoms with Crippen LogP contribution >= 0.6 is 0 Å². The first-order valence-corrected chi connectivity index (χ1v) is 9.92. The molecule has 1 heterocycles. The van der Waals surface area contributed by atoms with E-state index < -0.39 is 30.0 Å². The third-order valence-electron chi connectivity index (χ3n) is 5.12. The minimum Gasteiger partial charge on any atom is -0.496 e. The predicted molar refractivity (Wildman–Crippen MR) is 116 cm³/mol. The fourth-order valence-corrected chi connectivity index (χ4v) is 2.85. The van der Waals surface area contributed by atoms with Gasteiger partial charge in [0.15, 0.2) is 0 Å². The van der Waals surface area contributed by atoms with Gasteiger partial charge in [0, 0.05) is 12.1 Å². The van der Waals surface area contributed by atoms with Crippen molar-refractivity contribution in [3.63, 3.8) is 0 Å². The zero-order valence-electron chi connectivity index (χ0n) is 19.1. The molecular formula is C22H34BNO5. The maximum atomic E-state index is 12.2. The van der Waals surface area contributed by atoms with Crippen molar-refractivity contribution >= 4 is 19.3 Å². The largest absolute Gasteiger partial charge is 0.496 e. The molecule has 0 aliphatic carbocycles. The highest BCUT2D eigenvalue weighted by Crippen LogP contribution is 2.39. The Hall–Kier alpha value is -1.99. The molecule has 0 aromatic heterocycles. The Morgan fingerprint density at radius 1 is 1.17 bits per heavy atom. The molecule has 0 radical (unpaired) electrons. The predicted octanol–water partition coefficient (Wildman–Crippen LogP) is 4.54. The van der Waals surface area contributed by atoms with Crippen LogP contribution in [0.4, 0.5) is 4.79 Å². The lowest BCUT2D eigenvalue weighted by molar-refractivity contribution is 0.00578. The first kappa shape index (κ1) is 23.3. The molecule has 1 aromatic rings. The summed E-state index contributed by atoms with van der Waals surface area (Å²) in [7, 11) is 1.04. The summed E-state index contributed by atoms with van der Waals surface area (Å²) in [6.45, 7) is 15.7. The van der Waals surface area contributed by atoms with Crippen molar-refractivity contribution in [2.75, 3.05) is 13.7 Å². The number of benzene rings is 1. The number of amides is 1. The lowest BCUT2D eigenvalue weighted by Crippen LogP contribution is -2.41. The second-order valence-electron chi connectivity index (χ2n) is 9.41. The summed E-state index contributed by atoms with van der Waals surface area (Å²) in [4.78, 5) is 12.2. The van der Waals surface area contributed by atoms with E-state index in [-0.39, 0.29) is 6.54 Å². The molecule has 1 saturated heterocycles. The van der Waals surface area contributed by atoms with Gasteiger partial charge in [0.05, 0.1) is 18.3 Å². The van der Waals surface area contributed by atoms with Gasteiger partial charge in [-0.15, -0.1) is 0 Å². The third-order valence-corrected chi connectivity index (χ3v) is 5.12. The Labute approximate surface area is 175 Å². The Morgan fingerprint density at radius 2 is 1.76 bits per heavy atom. The van der Waals surface area contributed by atoms with Gasteiger partial charge in [0.25, 0.3) is 0 Å². The lowest BCUT2D eigenvalue weighted by Gasteiger charge is -2.32. The van der Waals surface area contributed by atoms with Crippen LogP contribution in [0.25, 0.3) is 6.08 Å². The zero-order valence-corrected chi connectivity index (χ0v) is 19.1. The standard InChI is InChI=1S/C22H34BNO5/c1-15-10-11-18(26-9)16(12-15)13-17(14-24-19(25)27-20(2,3)4)23-28-21(5,6)22(7,8)29-23/h10-13H,14H2,1-9H3,(H,24,25). The SMILES string of the molecule is COc1ccc(C)cc1C=C(CNC(=O)OC(C)(C)C)B1OC(C)(C)C(C)(C)O1. The van der Waals surface area contributed by atoms with E-state index in [1.807, 2.05) is 79.7 Å². The van der Waals surface area contributed by atoms with Gasteiger partial charge in [-0.25, -0.2) is 4.79 Å². The number of alkyl carbamates (subject to hydrolysis) is 1. The van der Waals surface area contributed by atoms with E-state index >= 15 is 0 Å². The Balaban J connectivity index is 2.34. The highest BCUT2D eigenvalue weighted by Gasteiger charge is 2.52. The first-order chi connectivity index (χ1) is 13.2. The van der Waals surface area contributed by atoms with Gasteiger partial charge in [-0.1, -0.05) is 17.7 Å². The van der Waals surface area contributed by atoms with Crippen LogP contribution in [0.5, 0.6) is 5.75 Å². The fourth-order valence-electron chi connectivity index (χ4n) is 2.85. The van der Waals surface area contributed by atoms with Gasteiger partial charge in [-0.2, -0.15) is 0 Å². The normalized spacial score (nSPS) is 18.5. The van der Waals surface area contributed by atoms with E-state index in [2.05, 4.69) is 5.32 Å². The van der Waals surface area contributed by atoms with Crippen molar-refractivity contribution in [3.8, 4) is 5.75 Å². The Bertz CT molecular complexity index is 764. The number of nitrogens with one attached hydrogen (secondary N) is 1. The van der Waals surface area contributed by atoms with Gasteiger partial charge in [-0.3, -0.25) is 0 Å². The lowest BCUT2D eigenvalue weighted by atomic mass is 9.77. The summed E-state index contributed by atoms with van der Waals surface area (Å²) in [6.07, 6.45) is 1.46. The van der Waals surface area contributed by atoms with Crippen LogP contribution in [0.15, 0.2) is 23.7 Å². The maximum Gasteiger partial charge on any atom is 0.492 e. The number of ether oxygens (including phenoxy) is 2. The molecule has 1 aliphatic rings.